The summed E-state index contributed by atoms with van der Waals surface area (Å²) in [6.07, 6.45) is 3.90. The van der Waals surface area contributed by atoms with Crippen LogP contribution in [-0.4, -0.2) is 25.9 Å². The second kappa shape index (κ2) is 5.47. The minimum atomic E-state index is -0.264. The molecular formula is C15H20FNO2. The number of rotatable bonds is 5. The van der Waals surface area contributed by atoms with Crippen LogP contribution in [0.15, 0.2) is 18.2 Å². The maximum Gasteiger partial charge on any atom is 0.169 e. The first-order chi connectivity index (χ1) is 9.29. The van der Waals surface area contributed by atoms with E-state index in [9.17, 15) is 4.39 Å². The van der Waals surface area contributed by atoms with E-state index in [0.29, 0.717) is 30.0 Å². The van der Waals surface area contributed by atoms with Crippen molar-refractivity contribution in [1.82, 2.24) is 5.32 Å². The molecule has 0 spiro atoms. The van der Waals surface area contributed by atoms with Gasteiger partial charge in [0.15, 0.2) is 11.6 Å². The SMILES string of the molecule is COc1cccc(CNC2CCOC2C2CC2)c1F. The summed E-state index contributed by atoms with van der Waals surface area (Å²) in [5.41, 5.74) is 0.654. The molecule has 1 saturated heterocycles. The molecule has 104 valence electrons. The Morgan fingerprint density at radius 1 is 1.37 bits per heavy atom. The number of hydrogen-bond acceptors (Lipinski definition) is 3. The molecule has 1 aromatic rings. The van der Waals surface area contributed by atoms with Crippen molar-refractivity contribution in [3.8, 4) is 5.75 Å². The molecule has 1 aromatic carbocycles. The van der Waals surface area contributed by atoms with E-state index in [1.807, 2.05) is 6.07 Å². The van der Waals surface area contributed by atoms with Gasteiger partial charge in [-0.2, -0.15) is 0 Å². The third kappa shape index (κ3) is 2.74. The Kier molecular flexibility index (Phi) is 3.71. The Hall–Kier alpha value is -1.13. The van der Waals surface area contributed by atoms with Crippen molar-refractivity contribution in [3.63, 3.8) is 0 Å². The first kappa shape index (κ1) is 12.9. The Morgan fingerprint density at radius 3 is 2.95 bits per heavy atom. The molecule has 1 aliphatic carbocycles. The molecule has 0 amide bonds. The molecule has 19 heavy (non-hydrogen) atoms. The molecule has 1 saturated carbocycles. The molecule has 0 bridgehead atoms. The second-order valence-electron chi connectivity index (χ2n) is 5.38. The third-order valence-electron chi connectivity index (χ3n) is 4.04. The molecule has 2 atom stereocenters. The third-order valence-corrected chi connectivity index (χ3v) is 4.04. The summed E-state index contributed by atoms with van der Waals surface area (Å²) in [6.45, 7) is 1.35. The second-order valence-corrected chi connectivity index (χ2v) is 5.38. The molecule has 2 aliphatic rings. The zero-order chi connectivity index (χ0) is 13.2. The highest BCUT2D eigenvalue weighted by molar-refractivity contribution is 5.31. The van der Waals surface area contributed by atoms with Gasteiger partial charge in [0.25, 0.3) is 0 Å². The first-order valence-corrected chi connectivity index (χ1v) is 6.96. The standard InChI is InChI=1S/C15H20FNO2/c1-18-13-4-2-3-11(14(13)16)9-17-12-7-8-19-15(12)10-5-6-10/h2-4,10,12,15,17H,5-9H2,1H3. The molecular weight excluding hydrogens is 245 g/mol. The van der Waals surface area contributed by atoms with Gasteiger partial charge in [0, 0.05) is 24.8 Å². The van der Waals surface area contributed by atoms with Crippen LogP contribution in [0.4, 0.5) is 4.39 Å². The van der Waals surface area contributed by atoms with Gasteiger partial charge in [-0.3, -0.25) is 0 Å². The Morgan fingerprint density at radius 2 is 2.21 bits per heavy atom. The summed E-state index contributed by atoms with van der Waals surface area (Å²) in [7, 11) is 1.49. The van der Waals surface area contributed by atoms with Crippen molar-refractivity contribution in [2.75, 3.05) is 13.7 Å². The van der Waals surface area contributed by atoms with Crippen molar-refractivity contribution in [1.29, 1.82) is 0 Å². The van der Waals surface area contributed by atoms with Gasteiger partial charge in [0.1, 0.15) is 0 Å². The molecule has 3 nitrogen and oxygen atoms in total. The van der Waals surface area contributed by atoms with Crippen LogP contribution in [-0.2, 0) is 11.3 Å². The number of ether oxygens (including phenoxy) is 2. The van der Waals surface area contributed by atoms with E-state index in [2.05, 4.69) is 5.32 Å². The van der Waals surface area contributed by atoms with Gasteiger partial charge in [0.05, 0.1) is 13.2 Å². The molecule has 0 radical (unpaired) electrons. The molecule has 2 unspecified atom stereocenters. The van der Waals surface area contributed by atoms with Crippen LogP contribution < -0.4 is 10.1 Å². The molecule has 1 heterocycles. The highest BCUT2D eigenvalue weighted by Gasteiger charge is 2.40. The van der Waals surface area contributed by atoms with Gasteiger partial charge in [-0.1, -0.05) is 12.1 Å². The molecule has 2 fully saturated rings. The lowest BCUT2D eigenvalue weighted by atomic mass is 10.1. The summed E-state index contributed by atoms with van der Waals surface area (Å²) in [5, 5.41) is 3.44. The summed E-state index contributed by atoms with van der Waals surface area (Å²) < 4.78 is 24.8. The first-order valence-electron chi connectivity index (χ1n) is 6.96. The maximum absolute atomic E-state index is 14.0. The van der Waals surface area contributed by atoms with Crippen molar-refractivity contribution < 1.29 is 13.9 Å². The maximum atomic E-state index is 14.0. The highest BCUT2D eigenvalue weighted by atomic mass is 19.1. The normalized spacial score (nSPS) is 26.6. The Balaban J connectivity index is 1.62. The van der Waals surface area contributed by atoms with E-state index in [1.54, 1.807) is 12.1 Å². The van der Waals surface area contributed by atoms with E-state index in [4.69, 9.17) is 9.47 Å². The number of hydrogen-bond donors (Lipinski definition) is 1. The lowest BCUT2D eigenvalue weighted by molar-refractivity contribution is 0.0808. The van der Waals surface area contributed by atoms with Crippen LogP contribution in [0.1, 0.15) is 24.8 Å². The fourth-order valence-electron chi connectivity index (χ4n) is 2.81. The average molecular weight is 265 g/mol. The van der Waals surface area contributed by atoms with E-state index in [-0.39, 0.29) is 5.82 Å². The molecule has 0 aromatic heterocycles. The fourth-order valence-corrected chi connectivity index (χ4v) is 2.81. The summed E-state index contributed by atoms with van der Waals surface area (Å²) in [5.74, 6) is 0.759. The molecule has 4 heteroatoms. The van der Waals surface area contributed by atoms with E-state index in [0.717, 1.165) is 18.9 Å². The topological polar surface area (TPSA) is 30.5 Å². The van der Waals surface area contributed by atoms with Crippen molar-refractivity contribution in [3.05, 3.63) is 29.6 Å². The smallest absolute Gasteiger partial charge is 0.169 e. The van der Waals surface area contributed by atoms with E-state index in [1.165, 1.54) is 20.0 Å². The van der Waals surface area contributed by atoms with Crippen LogP contribution in [0.3, 0.4) is 0 Å². The van der Waals surface area contributed by atoms with Gasteiger partial charge >= 0.3 is 0 Å². The lowest BCUT2D eigenvalue weighted by Gasteiger charge is -2.20. The summed E-state index contributed by atoms with van der Waals surface area (Å²) in [4.78, 5) is 0. The average Bonchev–Trinajstić information content (AvgIpc) is 3.17. The van der Waals surface area contributed by atoms with Crippen LogP contribution in [0.5, 0.6) is 5.75 Å². The highest BCUT2D eigenvalue weighted by Crippen LogP contribution is 2.38. The largest absolute Gasteiger partial charge is 0.494 e. The van der Waals surface area contributed by atoms with E-state index >= 15 is 0 Å². The van der Waals surface area contributed by atoms with Gasteiger partial charge in [-0.05, 0) is 31.2 Å². The van der Waals surface area contributed by atoms with Gasteiger partial charge in [-0.15, -0.1) is 0 Å². The zero-order valence-electron chi connectivity index (χ0n) is 11.2. The predicted octanol–water partition coefficient (Wildman–Crippen LogP) is 2.49. The van der Waals surface area contributed by atoms with Crippen LogP contribution in [0.2, 0.25) is 0 Å². The predicted molar refractivity (Wildman–Crippen MR) is 70.7 cm³/mol. The van der Waals surface area contributed by atoms with Crippen molar-refractivity contribution in [2.24, 2.45) is 5.92 Å². The van der Waals surface area contributed by atoms with Crippen LogP contribution in [0.25, 0.3) is 0 Å². The van der Waals surface area contributed by atoms with Crippen LogP contribution >= 0.6 is 0 Å². The Bertz CT molecular complexity index is 448. The quantitative estimate of drug-likeness (QED) is 0.887. The van der Waals surface area contributed by atoms with Gasteiger partial charge < -0.3 is 14.8 Å². The zero-order valence-corrected chi connectivity index (χ0v) is 11.2. The number of halogens is 1. The molecule has 1 N–H and O–H groups in total. The van der Waals surface area contributed by atoms with Crippen molar-refractivity contribution in [2.45, 2.75) is 38.0 Å². The minimum Gasteiger partial charge on any atom is -0.494 e. The molecule has 3 rings (SSSR count). The van der Waals surface area contributed by atoms with Gasteiger partial charge in [-0.25, -0.2) is 4.39 Å². The number of benzene rings is 1. The lowest BCUT2D eigenvalue weighted by Crippen LogP contribution is -2.37. The Labute approximate surface area is 113 Å². The monoisotopic (exact) mass is 265 g/mol. The summed E-state index contributed by atoms with van der Waals surface area (Å²) >= 11 is 0. The van der Waals surface area contributed by atoms with Crippen LogP contribution in [0, 0.1) is 11.7 Å². The van der Waals surface area contributed by atoms with Gasteiger partial charge in [0.2, 0.25) is 0 Å². The van der Waals surface area contributed by atoms with Crippen molar-refractivity contribution >= 4 is 0 Å². The van der Waals surface area contributed by atoms with E-state index < -0.39 is 0 Å². The summed E-state index contributed by atoms with van der Waals surface area (Å²) in [6, 6.07) is 5.62. The fraction of sp³-hybridized carbons (Fsp3) is 0.600. The molecule has 1 aliphatic heterocycles. The number of methoxy groups -OCH3 is 1. The minimum absolute atomic E-state index is 0.264. The number of nitrogens with one attached hydrogen (secondary N) is 1.